The molecule has 0 unspecified atom stereocenters. The number of carbonyl (C=O) groups is 2. The van der Waals surface area contributed by atoms with Crippen LogP contribution in [0.2, 0.25) is 5.02 Å². The molecule has 2 rings (SSSR count). The van der Waals surface area contributed by atoms with Crippen molar-refractivity contribution < 1.29 is 24.2 Å². The van der Waals surface area contributed by atoms with Crippen LogP contribution in [0, 0.1) is 0 Å². The van der Waals surface area contributed by atoms with Crippen molar-refractivity contribution >= 4 is 29.2 Å². The summed E-state index contributed by atoms with van der Waals surface area (Å²) in [6.45, 7) is 0. The standard InChI is InChI=1S/C16H14ClNO5/c1-22-13-6-3-9(7-14(13)23-2)15(19)18-12-8-10(17)4-5-11(12)16(20)21/h3-8H,1-2H3,(H,18,19)(H,20,21)/p-1. The van der Waals surface area contributed by atoms with E-state index < -0.39 is 11.9 Å². The SMILES string of the molecule is COc1ccc(C(=O)Nc2cc(Cl)ccc2C(=O)[O-])cc1OC. The van der Waals surface area contributed by atoms with E-state index in [0.717, 1.165) is 0 Å². The fourth-order valence-electron chi connectivity index (χ4n) is 1.97. The first-order chi connectivity index (χ1) is 11.0. The van der Waals surface area contributed by atoms with E-state index in [4.69, 9.17) is 21.1 Å². The maximum absolute atomic E-state index is 12.3. The first-order valence-electron chi connectivity index (χ1n) is 6.50. The number of aromatic carboxylic acids is 1. The van der Waals surface area contributed by atoms with Crippen LogP contribution in [0.25, 0.3) is 0 Å². The highest BCUT2D eigenvalue weighted by molar-refractivity contribution is 6.31. The van der Waals surface area contributed by atoms with E-state index in [2.05, 4.69) is 5.32 Å². The summed E-state index contributed by atoms with van der Waals surface area (Å²) in [5, 5.41) is 13.9. The molecule has 0 bridgehead atoms. The van der Waals surface area contributed by atoms with Crippen LogP contribution in [-0.2, 0) is 0 Å². The van der Waals surface area contributed by atoms with E-state index in [9.17, 15) is 14.7 Å². The number of carbonyl (C=O) groups excluding carboxylic acids is 2. The quantitative estimate of drug-likeness (QED) is 0.903. The largest absolute Gasteiger partial charge is 0.545 e. The van der Waals surface area contributed by atoms with Gasteiger partial charge in [-0.25, -0.2) is 0 Å². The van der Waals surface area contributed by atoms with Gasteiger partial charge in [-0.15, -0.1) is 0 Å². The summed E-state index contributed by atoms with van der Waals surface area (Å²) in [5.41, 5.74) is 0.160. The Morgan fingerprint density at radius 1 is 1.04 bits per heavy atom. The number of amides is 1. The van der Waals surface area contributed by atoms with E-state index in [1.807, 2.05) is 0 Å². The van der Waals surface area contributed by atoms with Crippen LogP contribution in [0.4, 0.5) is 5.69 Å². The molecule has 0 saturated carbocycles. The monoisotopic (exact) mass is 334 g/mol. The molecule has 2 aromatic carbocycles. The molecule has 0 heterocycles. The van der Waals surface area contributed by atoms with Gasteiger partial charge in [0, 0.05) is 16.1 Å². The van der Waals surface area contributed by atoms with Crippen LogP contribution in [0.1, 0.15) is 20.7 Å². The number of carboxylic acids is 1. The molecule has 0 aliphatic carbocycles. The van der Waals surface area contributed by atoms with E-state index in [1.54, 1.807) is 6.07 Å². The topological polar surface area (TPSA) is 87.7 Å². The molecule has 1 N–H and O–H groups in total. The number of rotatable bonds is 5. The zero-order valence-corrected chi connectivity index (χ0v) is 13.1. The van der Waals surface area contributed by atoms with E-state index in [0.29, 0.717) is 11.5 Å². The molecule has 0 saturated heterocycles. The lowest BCUT2D eigenvalue weighted by Gasteiger charge is -2.13. The van der Waals surface area contributed by atoms with Gasteiger partial charge in [-0.05, 0) is 36.4 Å². The Hall–Kier alpha value is -2.73. The number of nitrogens with one attached hydrogen (secondary N) is 1. The van der Waals surface area contributed by atoms with Gasteiger partial charge in [0.1, 0.15) is 0 Å². The number of halogens is 1. The second kappa shape index (κ2) is 7.02. The number of carboxylic acid groups (broad SMARTS) is 1. The minimum atomic E-state index is -1.41. The lowest BCUT2D eigenvalue weighted by Crippen LogP contribution is -2.24. The van der Waals surface area contributed by atoms with Gasteiger partial charge in [0.2, 0.25) is 0 Å². The van der Waals surface area contributed by atoms with Crippen LogP contribution in [-0.4, -0.2) is 26.1 Å². The Kier molecular flexibility index (Phi) is 5.08. The average Bonchev–Trinajstić information content (AvgIpc) is 2.53. The zero-order chi connectivity index (χ0) is 17.0. The van der Waals surface area contributed by atoms with Crippen LogP contribution in [0.5, 0.6) is 11.5 Å². The van der Waals surface area contributed by atoms with Gasteiger partial charge >= 0.3 is 0 Å². The van der Waals surface area contributed by atoms with Crippen molar-refractivity contribution in [1.82, 2.24) is 0 Å². The average molecular weight is 335 g/mol. The van der Waals surface area contributed by atoms with Crippen LogP contribution >= 0.6 is 11.6 Å². The summed E-state index contributed by atoms with van der Waals surface area (Å²) in [6, 6.07) is 8.59. The molecule has 0 atom stereocenters. The fraction of sp³-hybridized carbons (Fsp3) is 0.125. The summed E-state index contributed by atoms with van der Waals surface area (Å²) in [5.74, 6) is -1.08. The van der Waals surface area contributed by atoms with Crippen molar-refractivity contribution in [3.8, 4) is 11.5 Å². The Morgan fingerprint density at radius 3 is 2.35 bits per heavy atom. The minimum Gasteiger partial charge on any atom is -0.545 e. The molecule has 120 valence electrons. The molecule has 0 aliphatic heterocycles. The van der Waals surface area contributed by atoms with Crippen molar-refractivity contribution in [3.05, 3.63) is 52.5 Å². The summed E-state index contributed by atoms with van der Waals surface area (Å²) in [7, 11) is 2.93. The maximum Gasteiger partial charge on any atom is 0.255 e. The lowest BCUT2D eigenvalue weighted by molar-refractivity contribution is -0.254. The van der Waals surface area contributed by atoms with E-state index in [1.165, 1.54) is 44.6 Å². The van der Waals surface area contributed by atoms with Crippen molar-refractivity contribution in [3.63, 3.8) is 0 Å². The van der Waals surface area contributed by atoms with Gasteiger partial charge in [-0.1, -0.05) is 11.6 Å². The van der Waals surface area contributed by atoms with Crippen molar-refractivity contribution in [2.75, 3.05) is 19.5 Å². The molecule has 0 aliphatic rings. The van der Waals surface area contributed by atoms with Gasteiger partial charge in [0.25, 0.3) is 5.91 Å². The normalized spacial score (nSPS) is 10.0. The van der Waals surface area contributed by atoms with Gasteiger partial charge in [-0.3, -0.25) is 4.79 Å². The first kappa shape index (κ1) is 16.6. The highest BCUT2D eigenvalue weighted by atomic mass is 35.5. The smallest absolute Gasteiger partial charge is 0.255 e. The first-order valence-corrected chi connectivity index (χ1v) is 6.88. The zero-order valence-electron chi connectivity index (χ0n) is 12.4. The lowest BCUT2D eigenvalue weighted by atomic mass is 10.1. The molecule has 0 radical (unpaired) electrons. The maximum atomic E-state index is 12.3. The number of anilines is 1. The van der Waals surface area contributed by atoms with Crippen LogP contribution in [0.3, 0.4) is 0 Å². The van der Waals surface area contributed by atoms with Crippen LogP contribution in [0.15, 0.2) is 36.4 Å². The number of benzene rings is 2. The highest BCUT2D eigenvalue weighted by Crippen LogP contribution is 2.28. The minimum absolute atomic E-state index is 0.0530. The second-order valence-corrected chi connectivity index (χ2v) is 4.94. The third kappa shape index (κ3) is 3.73. The number of ether oxygens (including phenoxy) is 2. The van der Waals surface area contributed by atoms with Crippen molar-refractivity contribution in [2.45, 2.75) is 0 Å². The Morgan fingerprint density at radius 2 is 1.74 bits per heavy atom. The molecule has 6 nitrogen and oxygen atoms in total. The molecule has 0 aromatic heterocycles. The molecular weight excluding hydrogens is 322 g/mol. The van der Waals surface area contributed by atoms with E-state index in [-0.39, 0.29) is 21.8 Å². The summed E-state index contributed by atoms with van der Waals surface area (Å²) in [4.78, 5) is 23.4. The predicted molar refractivity (Wildman–Crippen MR) is 83.3 cm³/mol. The molecule has 23 heavy (non-hydrogen) atoms. The van der Waals surface area contributed by atoms with Crippen LogP contribution < -0.4 is 19.9 Å². The number of hydrogen-bond acceptors (Lipinski definition) is 5. The Balaban J connectivity index is 2.33. The third-order valence-corrected chi connectivity index (χ3v) is 3.33. The molecule has 0 spiro atoms. The molecular formula is C16H13ClNO5-. The van der Waals surface area contributed by atoms with Gasteiger partial charge in [-0.2, -0.15) is 0 Å². The summed E-state index contributed by atoms with van der Waals surface area (Å²) >= 11 is 5.84. The summed E-state index contributed by atoms with van der Waals surface area (Å²) in [6.07, 6.45) is 0. The van der Waals surface area contributed by atoms with Gasteiger partial charge in [0.05, 0.1) is 25.9 Å². The Bertz CT molecular complexity index is 760. The van der Waals surface area contributed by atoms with E-state index >= 15 is 0 Å². The van der Waals surface area contributed by atoms with Gasteiger partial charge < -0.3 is 24.7 Å². The fourth-order valence-corrected chi connectivity index (χ4v) is 2.14. The highest BCUT2D eigenvalue weighted by Gasteiger charge is 2.13. The molecule has 1 amide bonds. The molecule has 7 heteroatoms. The molecule has 2 aromatic rings. The predicted octanol–water partition coefficient (Wildman–Crippen LogP) is 1.97. The van der Waals surface area contributed by atoms with Gasteiger partial charge in [0.15, 0.2) is 11.5 Å². The number of hydrogen-bond donors (Lipinski definition) is 1. The second-order valence-electron chi connectivity index (χ2n) is 4.50. The van der Waals surface area contributed by atoms with Crippen molar-refractivity contribution in [1.29, 1.82) is 0 Å². The Labute approximate surface area is 137 Å². The summed E-state index contributed by atoms with van der Waals surface area (Å²) < 4.78 is 10.2. The number of methoxy groups -OCH3 is 2. The third-order valence-electron chi connectivity index (χ3n) is 3.10. The molecule has 0 fully saturated rings. The van der Waals surface area contributed by atoms with Crippen molar-refractivity contribution in [2.24, 2.45) is 0 Å².